The number of aliphatic hydroxyl groups excluding tert-OH is 3. The number of ether oxygens (including phenoxy) is 1. The highest BCUT2D eigenvalue weighted by Crippen LogP contribution is 2.39. The molecule has 5 atom stereocenters. The van der Waals surface area contributed by atoms with Gasteiger partial charge in [-0.2, -0.15) is 4.98 Å². The van der Waals surface area contributed by atoms with Crippen LogP contribution in [-0.2, 0) is 0 Å². The summed E-state index contributed by atoms with van der Waals surface area (Å²) >= 11 is 1.44. The van der Waals surface area contributed by atoms with E-state index in [9.17, 15) is 28.5 Å². The Balaban J connectivity index is 0.00000405. The first-order valence-electron chi connectivity index (χ1n) is 12.9. The molecule has 3 aromatic heterocycles. The van der Waals surface area contributed by atoms with E-state index in [-0.39, 0.29) is 36.8 Å². The number of aliphatic hydroxyl groups is 3. The molecule has 1 aliphatic carbocycles. The summed E-state index contributed by atoms with van der Waals surface area (Å²) in [5.74, 6) is -0.202. The molecule has 0 saturated heterocycles. The monoisotopic (exact) mass is 626 g/mol. The molecule has 15 heteroatoms. The molecule has 5 rings (SSSR count). The minimum Gasteiger partial charge on any atom is -0.406 e. The maximum atomic E-state index is 12.5. The van der Waals surface area contributed by atoms with Crippen molar-refractivity contribution < 1.29 is 33.2 Å². The van der Waals surface area contributed by atoms with Crippen molar-refractivity contribution in [3.8, 4) is 16.3 Å². The second-order valence-electron chi connectivity index (χ2n) is 10.0. The lowest BCUT2D eigenvalue weighted by Crippen LogP contribution is -2.35. The minimum absolute atomic E-state index is 0. The average molecular weight is 627 g/mol. The van der Waals surface area contributed by atoms with Crippen LogP contribution in [0.5, 0.6) is 5.75 Å². The van der Waals surface area contributed by atoms with Gasteiger partial charge in [0.1, 0.15) is 28.2 Å². The van der Waals surface area contributed by atoms with E-state index >= 15 is 0 Å². The molecular weight excluding hydrogens is 597 g/mol. The number of hydrogen-bond donors (Lipinski definition) is 5. The molecule has 0 unspecified atom stereocenters. The van der Waals surface area contributed by atoms with E-state index in [1.807, 2.05) is 19.9 Å². The Morgan fingerprint density at radius 2 is 1.76 bits per heavy atom. The number of halogens is 4. The van der Waals surface area contributed by atoms with Gasteiger partial charge >= 0.3 is 6.36 Å². The number of thiazole rings is 1. The second-order valence-corrected chi connectivity index (χ2v) is 11.0. The summed E-state index contributed by atoms with van der Waals surface area (Å²) in [4.78, 5) is 18.4. The van der Waals surface area contributed by atoms with Crippen molar-refractivity contribution in [3.05, 3.63) is 53.5 Å². The number of hydrogen-bond acceptors (Lipinski definition) is 11. The van der Waals surface area contributed by atoms with E-state index in [0.717, 1.165) is 15.9 Å². The molecule has 5 N–H and O–H groups in total. The number of aromatic nitrogens is 4. The molecule has 1 aliphatic rings. The van der Waals surface area contributed by atoms with Gasteiger partial charge in [0.2, 0.25) is 5.95 Å². The topological polar surface area (TPSA) is 146 Å². The van der Waals surface area contributed by atoms with Crippen LogP contribution < -0.4 is 15.4 Å². The van der Waals surface area contributed by atoms with Gasteiger partial charge in [-0.05, 0) is 51.0 Å². The second kappa shape index (κ2) is 12.5. The Kier molecular flexibility index (Phi) is 9.42. The lowest BCUT2D eigenvalue weighted by Gasteiger charge is -2.22. The van der Waals surface area contributed by atoms with Crippen LogP contribution in [0.15, 0.2) is 36.5 Å². The molecule has 1 saturated carbocycles. The fourth-order valence-electron chi connectivity index (χ4n) is 4.95. The first-order chi connectivity index (χ1) is 19.4. The quantitative estimate of drug-likeness (QED) is 0.185. The molecule has 4 aromatic rings. The molecule has 1 fully saturated rings. The summed E-state index contributed by atoms with van der Waals surface area (Å²) in [6.45, 7) is 5.21. The maximum absolute atomic E-state index is 12.5. The van der Waals surface area contributed by atoms with Crippen LogP contribution in [0, 0.1) is 19.8 Å². The third kappa shape index (κ3) is 6.68. The van der Waals surface area contributed by atoms with Gasteiger partial charge in [0.05, 0.1) is 39.8 Å². The zero-order valence-electron chi connectivity index (χ0n) is 22.8. The summed E-state index contributed by atoms with van der Waals surface area (Å²) in [6, 6.07) is 6.39. The summed E-state index contributed by atoms with van der Waals surface area (Å²) in [5.41, 5.74) is 3.41. The molecule has 0 spiro atoms. The molecule has 3 heterocycles. The first kappa shape index (κ1) is 31.6. The van der Waals surface area contributed by atoms with Crippen LogP contribution in [-0.4, -0.2) is 66.5 Å². The first-order valence-corrected chi connectivity index (χ1v) is 13.7. The molecule has 0 amide bonds. The molecule has 0 aliphatic heterocycles. The zero-order chi connectivity index (χ0) is 29.5. The van der Waals surface area contributed by atoms with Gasteiger partial charge in [-0.15, -0.1) is 36.9 Å². The number of aryl methyl sites for hydroxylation is 2. The van der Waals surface area contributed by atoms with Crippen molar-refractivity contribution in [2.75, 3.05) is 17.2 Å². The summed E-state index contributed by atoms with van der Waals surface area (Å²) < 4.78 is 42.5. The van der Waals surface area contributed by atoms with E-state index in [0.29, 0.717) is 34.1 Å². The summed E-state index contributed by atoms with van der Waals surface area (Å²) in [6.07, 6.45) is -4.98. The van der Waals surface area contributed by atoms with Crippen LogP contribution in [0.25, 0.3) is 20.8 Å². The van der Waals surface area contributed by atoms with Gasteiger partial charge in [-0.3, -0.25) is 4.98 Å². The van der Waals surface area contributed by atoms with E-state index in [1.54, 1.807) is 13.1 Å². The van der Waals surface area contributed by atoms with Crippen molar-refractivity contribution >= 4 is 45.7 Å². The number of alkyl halides is 3. The number of benzene rings is 1. The summed E-state index contributed by atoms with van der Waals surface area (Å²) in [7, 11) is 0. The van der Waals surface area contributed by atoms with E-state index in [4.69, 9.17) is 9.97 Å². The summed E-state index contributed by atoms with van der Waals surface area (Å²) in [5, 5.41) is 37.8. The highest BCUT2D eigenvalue weighted by Gasteiger charge is 2.41. The molecule has 0 bridgehead atoms. The SMILES string of the molecule is Cc1nc(N[C@H](C)c2ccc(OC(F)(F)F)cc2)nc(N[C@@H]2C[C@H](CO)[C@@H](O)[C@H]2O)c1-c1nc2c(C)nccc2s1.Cl. The fourth-order valence-corrected chi connectivity index (χ4v) is 6.06. The molecule has 42 heavy (non-hydrogen) atoms. The standard InChI is InChI=1S/C27H29F3N6O4S.ClH/c1-12(15-4-6-17(7-5-15)40-27(28,29)30)32-26-33-13(2)20(25-35-21-14(3)31-9-8-19(21)41-25)24(36-26)34-18-10-16(11-37)22(38)23(18)39;/h4-9,12,16,18,22-23,37-39H,10-11H2,1-3H3,(H2,32,33,34,36);1H/t12-,16-,18-,22-,23+;/m1./s1. The lowest BCUT2D eigenvalue weighted by atomic mass is 10.1. The van der Waals surface area contributed by atoms with Crippen molar-refractivity contribution in [1.82, 2.24) is 19.9 Å². The molecule has 1 aromatic carbocycles. The van der Waals surface area contributed by atoms with Gasteiger partial charge in [0.25, 0.3) is 0 Å². The maximum Gasteiger partial charge on any atom is 0.573 e. The number of anilines is 2. The third-order valence-electron chi connectivity index (χ3n) is 7.11. The number of nitrogens with zero attached hydrogens (tertiary/aromatic N) is 4. The predicted octanol–water partition coefficient (Wildman–Crippen LogP) is 4.77. The number of pyridine rings is 1. The predicted molar refractivity (Wildman–Crippen MR) is 155 cm³/mol. The fraction of sp³-hybridized carbons (Fsp3) is 0.407. The number of fused-ring (bicyclic) bond motifs is 1. The van der Waals surface area contributed by atoms with Crippen LogP contribution in [0.2, 0.25) is 0 Å². The van der Waals surface area contributed by atoms with Gasteiger partial charge in [-0.1, -0.05) is 12.1 Å². The largest absolute Gasteiger partial charge is 0.573 e. The molecular formula is C27H30ClF3N6O4S. The average Bonchev–Trinajstić information content (AvgIpc) is 3.45. The molecule has 226 valence electrons. The number of nitrogens with one attached hydrogen (secondary N) is 2. The van der Waals surface area contributed by atoms with E-state index in [1.165, 1.54) is 35.6 Å². The smallest absolute Gasteiger partial charge is 0.406 e. The molecule has 10 nitrogen and oxygen atoms in total. The highest BCUT2D eigenvalue weighted by molar-refractivity contribution is 7.21. The van der Waals surface area contributed by atoms with Crippen molar-refractivity contribution in [1.29, 1.82) is 0 Å². The van der Waals surface area contributed by atoms with Gasteiger partial charge in [-0.25, -0.2) is 9.97 Å². The lowest BCUT2D eigenvalue weighted by molar-refractivity contribution is -0.274. The minimum atomic E-state index is -4.78. The van der Waals surface area contributed by atoms with Gasteiger partial charge in [0.15, 0.2) is 0 Å². The Labute approximate surface area is 249 Å². The van der Waals surface area contributed by atoms with Gasteiger partial charge < -0.3 is 30.7 Å². The molecule has 0 radical (unpaired) electrons. The Hall–Kier alpha value is -3.30. The van der Waals surface area contributed by atoms with Crippen molar-refractivity contribution in [2.24, 2.45) is 5.92 Å². The zero-order valence-corrected chi connectivity index (χ0v) is 24.4. The third-order valence-corrected chi connectivity index (χ3v) is 8.15. The van der Waals surface area contributed by atoms with Crippen molar-refractivity contribution in [3.63, 3.8) is 0 Å². The van der Waals surface area contributed by atoms with Gasteiger partial charge in [0, 0.05) is 18.7 Å². The van der Waals surface area contributed by atoms with Crippen LogP contribution in [0.3, 0.4) is 0 Å². The Bertz CT molecular complexity index is 1540. The van der Waals surface area contributed by atoms with Crippen LogP contribution in [0.4, 0.5) is 24.9 Å². The number of rotatable bonds is 8. The van der Waals surface area contributed by atoms with E-state index < -0.39 is 30.5 Å². The van der Waals surface area contributed by atoms with Crippen LogP contribution in [0.1, 0.15) is 36.3 Å². The van der Waals surface area contributed by atoms with E-state index in [2.05, 4.69) is 25.3 Å². The van der Waals surface area contributed by atoms with Crippen LogP contribution >= 0.6 is 23.7 Å². The highest BCUT2D eigenvalue weighted by atomic mass is 35.5. The Morgan fingerprint density at radius 3 is 2.38 bits per heavy atom. The normalized spacial score (nSPS) is 21.2. The van der Waals surface area contributed by atoms with Crippen molar-refractivity contribution in [2.45, 2.75) is 57.8 Å². The Morgan fingerprint density at radius 1 is 1.05 bits per heavy atom.